The summed E-state index contributed by atoms with van der Waals surface area (Å²) in [5.41, 5.74) is 0. The van der Waals surface area contributed by atoms with Gasteiger partial charge in [-0.25, -0.2) is 8.42 Å². The van der Waals surface area contributed by atoms with E-state index < -0.39 is 9.84 Å². The zero-order valence-electron chi connectivity index (χ0n) is 11.6. The van der Waals surface area contributed by atoms with Crippen LogP contribution in [0.4, 0.5) is 0 Å². The monoisotopic (exact) mass is 284 g/mol. The van der Waals surface area contributed by atoms with E-state index in [4.69, 9.17) is 0 Å². The largest absolute Gasteiger partial charge is 0.314 e. The average molecular weight is 284 g/mol. The topological polar surface area (TPSA) is 49.4 Å². The molecule has 0 radical (unpaired) electrons. The van der Waals surface area contributed by atoms with Gasteiger partial charge in [0.05, 0.1) is 5.75 Å². The van der Waals surface area contributed by atoms with Crippen molar-refractivity contribution in [1.29, 1.82) is 0 Å². The second kappa shape index (κ2) is 5.19. The van der Waals surface area contributed by atoms with E-state index in [9.17, 15) is 8.42 Å². The number of nitrogens with zero attached hydrogens (tertiary/aromatic N) is 1. The molecule has 3 atom stereocenters. The van der Waals surface area contributed by atoms with E-state index >= 15 is 0 Å². The van der Waals surface area contributed by atoms with Gasteiger partial charge in [0.1, 0.15) is 0 Å². The van der Waals surface area contributed by atoms with Crippen molar-refractivity contribution in [2.45, 2.75) is 63.2 Å². The maximum absolute atomic E-state index is 11.6. The molecule has 1 N–H and O–H groups in total. The SMILES string of the molecule is CCCNC1CC2CCC(C1)N2C1C=CS(=O)(=O)C1. The lowest BCUT2D eigenvalue weighted by Gasteiger charge is -2.42. The lowest BCUT2D eigenvalue weighted by molar-refractivity contribution is 0.0982. The summed E-state index contributed by atoms with van der Waals surface area (Å²) in [5.74, 6) is 0.299. The Morgan fingerprint density at radius 3 is 2.47 bits per heavy atom. The Labute approximate surface area is 116 Å². The van der Waals surface area contributed by atoms with E-state index in [1.165, 1.54) is 37.5 Å². The van der Waals surface area contributed by atoms with Crippen LogP contribution in [0, 0.1) is 0 Å². The van der Waals surface area contributed by atoms with Crippen LogP contribution in [0.2, 0.25) is 0 Å². The molecule has 0 aromatic rings. The van der Waals surface area contributed by atoms with Gasteiger partial charge in [0.15, 0.2) is 9.84 Å². The Hall–Kier alpha value is -0.390. The van der Waals surface area contributed by atoms with Gasteiger partial charge in [-0.1, -0.05) is 13.0 Å². The summed E-state index contributed by atoms with van der Waals surface area (Å²) < 4.78 is 23.2. The van der Waals surface area contributed by atoms with Crippen molar-refractivity contribution in [2.75, 3.05) is 12.3 Å². The molecule has 3 aliphatic heterocycles. The number of hydrogen-bond donors (Lipinski definition) is 1. The number of piperidine rings is 1. The Bertz CT molecular complexity index is 446. The maximum Gasteiger partial charge on any atom is 0.173 e. The molecule has 4 nitrogen and oxygen atoms in total. The van der Waals surface area contributed by atoms with Gasteiger partial charge in [0.25, 0.3) is 0 Å². The molecule has 0 aliphatic carbocycles. The van der Waals surface area contributed by atoms with Crippen LogP contribution in [-0.2, 0) is 9.84 Å². The van der Waals surface area contributed by atoms with E-state index in [0.717, 1.165) is 6.54 Å². The predicted octanol–water partition coefficient (Wildman–Crippen LogP) is 1.29. The van der Waals surface area contributed by atoms with Crippen LogP contribution in [0.25, 0.3) is 0 Å². The van der Waals surface area contributed by atoms with Crippen LogP contribution in [0.1, 0.15) is 39.0 Å². The average Bonchev–Trinajstić information content (AvgIpc) is 2.84. The molecule has 0 saturated carbocycles. The molecule has 108 valence electrons. The molecule has 3 aliphatic rings. The molecule has 5 heteroatoms. The fourth-order valence-corrected chi connectivity index (χ4v) is 5.31. The molecule has 19 heavy (non-hydrogen) atoms. The van der Waals surface area contributed by atoms with Crippen LogP contribution >= 0.6 is 0 Å². The van der Waals surface area contributed by atoms with Gasteiger partial charge in [-0.2, -0.15) is 0 Å². The maximum atomic E-state index is 11.6. The Morgan fingerprint density at radius 2 is 1.95 bits per heavy atom. The van der Waals surface area contributed by atoms with Crippen molar-refractivity contribution in [2.24, 2.45) is 0 Å². The molecule has 3 heterocycles. The molecule has 0 spiro atoms. The smallest absolute Gasteiger partial charge is 0.173 e. The third kappa shape index (κ3) is 2.73. The lowest BCUT2D eigenvalue weighted by Crippen LogP contribution is -2.53. The van der Waals surface area contributed by atoms with Gasteiger partial charge >= 0.3 is 0 Å². The molecule has 2 fully saturated rings. The summed E-state index contributed by atoms with van der Waals surface area (Å²) in [5, 5.41) is 5.05. The predicted molar refractivity (Wildman–Crippen MR) is 76.7 cm³/mol. The van der Waals surface area contributed by atoms with Crippen LogP contribution in [0.3, 0.4) is 0 Å². The van der Waals surface area contributed by atoms with Crippen LogP contribution in [0.15, 0.2) is 11.5 Å². The highest BCUT2D eigenvalue weighted by molar-refractivity contribution is 7.94. The molecular formula is C14H24N2O2S. The quantitative estimate of drug-likeness (QED) is 0.845. The van der Waals surface area contributed by atoms with Gasteiger partial charge in [0, 0.05) is 29.6 Å². The Morgan fingerprint density at radius 1 is 1.26 bits per heavy atom. The van der Waals surface area contributed by atoms with Crippen molar-refractivity contribution in [3.05, 3.63) is 11.5 Å². The second-order valence-electron chi connectivity index (χ2n) is 6.18. The summed E-state index contributed by atoms with van der Waals surface area (Å²) >= 11 is 0. The first-order valence-corrected chi connectivity index (χ1v) is 9.22. The summed E-state index contributed by atoms with van der Waals surface area (Å²) in [6.07, 6.45) is 7.92. The standard InChI is InChI=1S/C14H24N2O2S/c1-2-6-15-11-8-12-3-4-13(9-11)16(12)14-5-7-19(17,18)10-14/h5,7,11-15H,2-4,6,8-10H2,1H3. The van der Waals surface area contributed by atoms with Gasteiger partial charge in [0.2, 0.25) is 0 Å². The minimum atomic E-state index is -2.93. The number of fused-ring (bicyclic) bond motifs is 2. The minimum absolute atomic E-state index is 0.134. The molecule has 0 aromatic heterocycles. The van der Waals surface area contributed by atoms with E-state index in [-0.39, 0.29) is 6.04 Å². The van der Waals surface area contributed by atoms with E-state index in [1.807, 2.05) is 6.08 Å². The van der Waals surface area contributed by atoms with Gasteiger partial charge < -0.3 is 5.32 Å². The molecular weight excluding hydrogens is 260 g/mol. The van der Waals surface area contributed by atoms with Gasteiger partial charge in [-0.3, -0.25) is 4.90 Å². The summed E-state index contributed by atoms with van der Waals surface area (Å²) in [4.78, 5) is 2.49. The van der Waals surface area contributed by atoms with E-state index in [0.29, 0.717) is 23.9 Å². The van der Waals surface area contributed by atoms with Crippen molar-refractivity contribution in [1.82, 2.24) is 10.2 Å². The highest BCUT2D eigenvalue weighted by Gasteiger charge is 2.44. The minimum Gasteiger partial charge on any atom is -0.314 e. The van der Waals surface area contributed by atoms with E-state index in [1.54, 1.807) is 0 Å². The molecule has 0 amide bonds. The Kier molecular flexibility index (Phi) is 3.71. The summed E-state index contributed by atoms with van der Waals surface area (Å²) in [6.45, 7) is 3.30. The van der Waals surface area contributed by atoms with Crippen molar-refractivity contribution in [3.63, 3.8) is 0 Å². The zero-order valence-corrected chi connectivity index (χ0v) is 12.4. The first-order chi connectivity index (χ1) is 9.09. The number of sulfone groups is 1. The summed E-state index contributed by atoms with van der Waals surface area (Å²) in [6, 6.07) is 1.93. The first-order valence-electron chi connectivity index (χ1n) is 7.51. The lowest BCUT2D eigenvalue weighted by atomic mass is 9.95. The third-order valence-corrected chi connectivity index (χ3v) is 6.14. The van der Waals surface area contributed by atoms with Crippen LogP contribution in [0.5, 0.6) is 0 Å². The van der Waals surface area contributed by atoms with Crippen molar-refractivity contribution in [3.8, 4) is 0 Å². The zero-order chi connectivity index (χ0) is 13.5. The first kappa shape index (κ1) is 13.6. The summed E-state index contributed by atoms with van der Waals surface area (Å²) in [7, 11) is -2.93. The molecule has 2 saturated heterocycles. The van der Waals surface area contributed by atoms with Crippen molar-refractivity contribution >= 4 is 9.84 Å². The fraction of sp³-hybridized carbons (Fsp3) is 0.857. The van der Waals surface area contributed by atoms with Gasteiger partial charge in [-0.05, 0) is 38.6 Å². The molecule has 3 rings (SSSR count). The fourth-order valence-electron chi connectivity index (χ4n) is 4.01. The second-order valence-corrected chi connectivity index (χ2v) is 8.11. The third-order valence-electron chi connectivity index (χ3n) is 4.77. The number of hydrogen-bond acceptors (Lipinski definition) is 4. The van der Waals surface area contributed by atoms with E-state index in [2.05, 4.69) is 17.1 Å². The molecule has 0 aromatic carbocycles. The van der Waals surface area contributed by atoms with Crippen LogP contribution < -0.4 is 5.32 Å². The highest BCUT2D eigenvalue weighted by atomic mass is 32.2. The normalized spacial score (nSPS) is 40.9. The highest BCUT2D eigenvalue weighted by Crippen LogP contribution is 2.38. The molecule has 3 unspecified atom stereocenters. The molecule has 2 bridgehead atoms. The van der Waals surface area contributed by atoms with Gasteiger partial charge in [-0.15, -0.1) is 0 Å². The number of rotatable bonds is 4. The Balaban J connectivity index is 1.66. The van der Waals surface area contributed by atoms with Crippen LogP contribution in [-0.4, -0.2) is 49.8 Å². The van der Waals surface area contributed by atoms with Crippen molar-refractivity contribution < 1.29 is 8.42 Å². The number of nitrogens with one attached hydrogen (secondary N) is 1.